The van der Waals surface area contributed by atoms with Crippen LogP contribution in [-0.4, -0.2) is 50.5 Å². The van der Waals surface area contributed by atoms with Gasteiger partial charge in [-0.15, -0.1) is 0 Å². The average molecular weight is 707 g/mol. The zero-order chi connectivity index (χ0) is 33.1. The molecule has 4 aromatic rings. The van der Waals surface area contributed by atoms with Gasteiger partial charge in [0.15, 0.2) is 0 Å². The Labute approximate surface area is 280 Å². The fourth-order valence-corrected chi connectivity index (χ4v) is 6.17. The third-order valence-corrected chi connectivity index (χ3v) is 8.88. The minimum absolute atomic E-state index is 0.106. The van der Waals surface area contributed by atoms with Gasteiger partial charge in [0.05, 0.1) is 11.9 Å². The number of hydrogen-bond acceptors (Lipinski definition) is 5. The van der Waals surface area contributed by atoms with Crippen molar-refractivity contribution in [3.63, 3.8) is 0 Å². The Kier molecular flexibility index (Phi) is 12.4. The van der Waals surface area contributed by atoms with Crippen molar-refractivity contribution in [2.45, 2.75) is 39.5 Å². The molecule has 2 amide bonds. The summed E-state index contributed by atoms with van der Waals surface area (Å²) < 4.78 is 34.0. The van der Waals surface area contributed by atoms with E-state index in [0.29, 0.717) is 24.6 Å². The van der Waals surface area contributed by atoms with E-state index < -0.39 is 28.5 Å². The quantitative estimate of drug-likeness (QED) is 0.159. The first kappa shape index (κ1) is 34.7. The lowest BCUT2D eigenvalue weighted by atomic mass is 10.0. The summed E-state index contributed by atoms with van der Waals surface area (Å²) in [6, 6.07) is 32.4. The van der Waals surface area contributed by atoms with Crippen molar-refractivity contribution in [2.24, 2.45) is 5.92 Å². The van der Waals surface area contributed by atoms with E-state index in [1.54, 1.807) is 24.3 Å². The predicted molar refractivity (Wildman–Crippen MR) is 186 cm³/mol. The fourth-order valence-electron chi connectivity index (χ4n) is 4.87. The fraction of sp³-hybridized carbons (Fsp3) is 0.278. The van der Waals surface area contributed by atoms with Gasteiger partial charge in [-0.2, -0.15) is 0 Å². The average Bonchev–Trinajstić information content (AvgIpc) is 3.04. The van der Waals surface area contributed by atoms with Crippen molar-refractivity contribution in [1.29, 1.82) is 0 Å². The largest absolute Gasteiger partial charge is 0.489 e. The summed E-state index contributed by atoms with van der Waals surface area (Å²) in [5.41, 5.74) is 2.99. The van der Waals surface area contributed by atoms with Crippen LogP contribution >= 0.6 is 15.9 Å². The third kappa shape index (κ3) is 10.5. The lowest BCUT2D eigenvalue weighted by Gasteiger charge is -2.33. The van der Waals surface area contributed by atoms with Crippen molar-refractivity contribution >= 4 is 43.5 Å². The van der Waals surface area contributed by atoms with Crippen molar-refractivity contribution in [2.75, 3.05) is 23.7 Å². The van der Waals surface area contributed by atoms with Crippen molar-refractivity contribution in [1.82, 2.24) is 10.2 Å². The smallest absolute Gasteiger partial charge is 0.244 e. The number of carbonyl (C=O) groups is 2. The number of ether oxygens (including phenoxy) is 1. The molecule has 0 bridgehead atoms. The van der Waals surface area contributed by atoms with Crippen molar-refractivity contribution in [3.05, 3.63) is 130 Å². The number of rotatable bonds is 15. The molecule has 4 rings (SSSR count). The number of sulfonamides is 1. The van der Waals surface area contributed by atoms with Gasteiger partial charge in [0, 0.05) is 24.0 Å². The first-order valence-corrected chi connectivity index (χ1v) is 17.7. The first-order chi connectivity index (χ1) is 22.0. The molecule has 0 saturated carbocycles. The molecule has 0 spiro atoms. The Bertz CT molecular complexity index is 1680. The molecule has 1 N–H and O–H groups in total. The summed E-state index contributed by atoms with van der Waals surface area (Å²) in [6.45, 7) is 4.42. The monoisotopic (exact) mass is 705 g/mol. The number of nitrogens with zero attached hydrogens (tertiary/aromatic N) is 2. The number of anilines is 1. The van der Waals surface area contributed by atoms with Crippen molar-refractivity contribution < 1.29 is 22.7 Å². The normalized spacial score (nSPS) is 11.9. The Morgan fingerprint density at radius 2 is 1.43 bits per heavy atom. The van der Waals surface area contributed by atoms with Crippen LogP contribution in [0.5, 0.6) is 5.75 Å². The molecule has 0 unspecified atom stereocenters. The molecule has 4 aromatic carbocycles. The predicted octanol–water partition coefficient (Wildman–Crippen LogP) is 6.21. The molecule has 242 valence electrons. The van der Waals surface area contributed by atoms with Crippen LogP contribution in [0.15, 0.2) is 114 Å². The molecule has 0 fully saturated rings. The highest BCUT2D eigenvalue weighted by Crippen LogP contribution is 2.24. The van der Waals surface area contributed by atoms with Gasteiger partial charge in [-0.3, -0.25) is 13.9 Å². The van der Waals surface area contributed by atoms with Crippen LogP contribution in [0.25, 0.3) is 0 Å². The van der Waals surface area contributed by atoms with Crippen molar-refractivity contribution in [3.8, 4) is 5.75 Å². The van der Waals surface area contributed by atoms with Crippen LogP contribution in [0.4, 0.5) is 5.69 Å². The SMILES string of the molecule is CC(C)CNC(=O)[C@@H](Cc1ccccc1)N(Cc1cccc(Br)c1)C(=O)CN(c1ccc(OCc2ccccc2)cc1)S(C)(=O)=O. The highest BCUT2D eigenvalue weighted by atomic mass is 79.9. The van der Waals surface area contributed by atoms with Crippen LogP contribution in [0.1, 0.15) is 30.5 Å². The number of amides is 2. The Hall–Kier alpha value is -4.15. The Balaban J connectivity index is 1.64. The maximum atomic E-state index is 14.3. The number of hydrogen-bond donors (Lipinski definition) is 1. The summed E-state index contributed by atoms with van der Waals surface area (Å²) in [4.78, 5) is 29.5. The third-order valence-electron chi connectivity index (χ3n) is 7.25. The van der Waals surface area contributed by atoms with Gasteiger partial charge in [-0.1, -0.05) is 103 Å². The van der Waals surface area contributed by atoms with Crippen LogP contribution in [-0.2, 0) is 39.2 Å². The number of nitrogens with one attached hydrogen (secondary N) is 1. The van der Waals surface area contributed by atoms with E-state index in [1.165, 1.54) is 4.90 Å². The number of carbonyl (C=O) groups excluding carboxylic acids is 2. The van der Waals surface area contributed by atoms with Gasteiger partial charge in [0.2, 0.25) is 21.8 Å². The second-order valence-electron chi connectivity index (χ2n) is 11.5. The summed E-state index contributed by atoms with van der Waals surface area (Å²) in [6.07, 6.45) is 1.33. The van der Waals surface area contributed by atoms with E-state index >= 15 is 0 Å². The second-order valence-corrected chi connectivity index (χ2v) is 14.4. The summed E-state index contributed by atoms with van der Waals surface area (Å²) in [5, 5.41) is 2.99. The van der Waals surface area contributed by atoms with E-state index in [4.69, 9.17) is 4.74 Å². The van der Waals surface area contributed by atoms with E-state index in [9.17, 15) is 18.0 Å². The van der Waals surface area contributed by atoms with Gasteiger partial charge in [-0.05, 0) is 59.0 Å². The van der Waals surface area contributed by atoms with Gasteiger partial charge < -0.3 is 15.0 Å². The van der Waals surface area contributed by atoms with E-state index in [1.807, 2.05) is 98.8 Å². The maximum absolute atomic E-state index is 14.3. The van der Waals surface area contributed by atoms with E-state index in [2.05, 4.69) is 21.2 Å². The lowest BCUT2D eigenvalue weighted by molar-refractivity contribution is -0.140. The molecule has 0 aliphatic carbocycles. The first-order valence-electron chi connectivity index (χ1n) is 15.1. The minimum Gasteiger partial charge on any atom is -0.489 e. The molecule has 1 atom stereocenters. The molecule has 0 saturated heterocycles. The van der Waals surface area contributed by atoms with Crippen LogP contribution in [0.2, 0.25) is 0 Å². The lowest BCUT2D eigenvalue weighted by Crippen LogP contribution is -2.53. The Morgan fingerprint density at radius 3 is 2.02 bits per heavy atom. The second kappa shape index (κ2) is 16.4. The number of halogens is 1. The molecule has 0 aliphatic heterocycles. The van der Waals surface area contributed by atoms with Crippen LogP contribution in [0, 0.1) is 5.92 Å². The highest BCUT2D eigenvalue weighted by Gasteiger charge is 2.33. The standard InChI is InChI=1S/C36H40BrN3O5S/c1-27(2)23-38-36(42)34(22-28-11-6-4-7-12-28)39(24-30-15-10-16-31(37)21-30)35(41)25-40(46(3,43)44)32-17-19-33(20-18-32)45-26-29-13-8-5-9-14-29/h4-21,27,34H,22-26H2,1-3H3,(H,38,42)/t34-/m1/s1. The molecule has 0 aromatic heterocycles. The molecule has 8 nitrogen and oxygen atoms in total. The molecule has 0 heterocycles. The maximum Gasteiger partial charge on any atom is 0.244 e. The number of benzene rings is 4. The zero-order valence-electron chi connectivity index (χ0n) is 26.3. The van der Waals surface area contributed by atoms with Gasteiger partial charge in [0.1, 0.15) is 24.9 Å². The summed E-state index contributed by atoms with van der Waals surface area (Å²) >= 11 is 3.50. The molecule has 46 heavy (non-hydrogen) atoms. The molecule has 0 aliphatic rings. The van der Waals surface area contributed by atoms with Crippen LogP contribution < -0.4 is 14.4 Å². The topological polar surface area (TPSA) is 96.0 Å². The summed E-state index contributed by atoms with van der Waals surface area (Å²) in [5.74, 6) is -0.0357. The van der Waals surface area contributed by atoms with Crippen LogP contribution in [0.3, 0.4) is 0 Å². The summed E-state index contributed by atoms with van der Waals surface area (Å²) in [7, 11) is -3.88. The molecular formula is C36H40BrN3O5S. The van der Waals surface area contributed by atoms with Gasteiger partial charge in [0.25, 0.3) is 0 Å². The van der Waals surface area contributed by atoms with E-state index in [0.717, 1.165) is 31.7 Å². The zero-order valence-corrected chi connectivity index (χ0v) is 28.7. The highest BCUT2D eigenvalue weighted by molar-refractivity contribution is 9.10. The Morgan fingerprint density at radius 1 is 0.826 bits per heavy atom. The molecule has 10 heteroatoms. The minimum atomic E-state index is -3.88. The molecule has 0 radical (unpaired) electrons. The molecular weight excluding hydrogens is 666 g/mol. The van der Waals surface area contributed by atoms with E-state index in [-0.39, 0.29) is 24.8 Å². The van der Waals surface area contributed by atoms with Gasteiger partial charge in [-0.25, -0.2) is 8.42 Å². The van der Waals surface area contributed by atoms with Gasteiger partial charge >= 0.3 is 0 Å².